The highest BCUT2D eigenvalue weighted by Gasteiger charge is 1.95. The zero-order valence-corrected chi connectivity index (χ0v) is 5.71. The van der Waals surface area contributed by atoms with Gasteiger partial charge in [-0.1, -0.05) is 10.8 Å². The second kappa shape index (κ2) is 4.81. The molecule has 0 fully saturated rings. The second-order valence-electron chi connectivity index (χ2n) is 1.24. The monoisotopic (exact) mass is 137 g/mol. The smallest absolute Gasteiger partial charge is 0.0441 e. The van der Waals surface area contributed by atoms with Gasteiger partial charge in [0.2, 0.25) is 0 Å². The average molecular weight is 137 g/mol. The van der Waals surface area contributed by atoms with Gasteiger partial charge in [-0.15, -0.1) is 11.7 Å². The van der Waals surface area contributed by atoms with E-state index in [1.54, 1.807) is 0 Å². The zero-order valence-electron chi connectivity index (χ0n) is 4.00. The summed E-state index contributed by atoms with van der Waals surface area (Å²) in [7, 11) is 1.37. The molecular formula is C4H9OS2. The van der Waals surface area contributed by atoms with Gasteiger partial charge in [-0.25, -0.2) is 0 Å². The van der Waals surface area contributed by atoms with E-state index in [-0.39, 0.29) is 11.9 Å². The van der Waals surface area contributed by atoms with Gasteiger partial charge in [0, 0.05) is 11.9 Å². The van der Waals surface area contributed by atoms with Crippen LogP contribution < -0.4 is 0 Å². The fraction of sp³-hybridized carbons (Fsp3) is 0.750. The number of thiol groups is 1. The third-order valence-corrected chi connectivity index (χ3v) is 2.03. The molecule has 0 aliphatic heterocycles. The molecule has 0 saturated carbocycles. The van der Waals surface area contributed by atoms with Gasteiger partial charge in [0.1, 0.15) is 0 Å². The summed E-state index contributed by atoms with van der Waals surface area (Å²) < 4.78 is 0. The van der Waals surface area contributed by atoms with Crippen LogP contribution in [0.15, 0.2) is 0 Å². The Hall–Kier alpha value is 0.660. The predicted octanol–water partition coefficient (Wildman–Crippen LogP) is 1.15. The van der Waals surface area contributed by atoms with E-state index in [0.717, 1.165) is 6.42 Å². The highest BCUT2D eigenvalue weighted by Crippen LogP contribution is 2.15. The van der Waals surface area contributed by atoms with Crippen molar-refractivity contribution in [2.75, 3.05) is 6.61 Å². The number of aliphatic hydroxyl groups is 1. The minimum atomic E-state index is 0.210. The fourth-order valence-corrected chi connectivity index (χ4v) is 0.724. The molecule has 7 heavy (non-hydrogen) atoms. The van der Waals surface area contributed by atoms with Gasteiger partial charge in [-0.05, 0) is 13.3 Å². The van der Waals surface area contributed by atoms with Crippen LogP contribution in [-0.4, -0.2) is 17.0 Å². The minimum absolute atomic E-state index is 0.210. The first-order valence-corrected chi connectivity index (χ1v) is 3.98. The van der Waals surface area contributed by atoms with Crippen molar-refractivity contribution >= 4 is 22.5 Å². The maximum atomic E-state index is 8.28. The van der Waals surface area contributed by atoms with E-state index in [4.69, 9.17) is 5.11 Å². The van der Waals surface area contributed by atoms with Gasteiger partial charge < -0.3 is 5.11 Å². The molecule has 1 atom stereocenters. The van der Waals surface area contributed by atoms with Crippen LogP contribution in [0.4, 0.5) is 0 Å². The molecule has 0 saturated heterocycles. The Kier molecular flexibility index (Phi) is 5.26. The quantitative estimate of drug-likeness (QED) is 0.449. The van der Waals surface area contributed by atoms with Crippen molar-refractivity contribution in [3.63, 3.8) is 0 Å². The summed E-state index contributed by atoms with van der Waals surface area (Å²) in [5, 5.41) is 8.51. The summed E-state index contributed by atoms with van der Waals surface area (Å²) in [5.74, 6) is 0. The summed E-state index contributed by atoms with van der Waals surface area (Å²) in [5.41, 5.74) is 0. The Balaban J connectivity index is 2.83. The van der Waals surface area contributed by atoms with Gasteiger partial charge in [0.15, 0.2) is 0 Å². The summed E-state index contributed by atoms with van der Waals surface area (Å²) in [6.45, 7) is 3.88. The summed E-state index contributed by atoms with van der Waals surface area (Å²) in [4.78, 5) is 0. The Morgan fingerprint density at radius 2 is 2.43 bits per heavy atom. The van der Waals surface area contributed by atoms with Gasteiger partial charge in [-0.2, -0.15) is 0 Å². The largest absolute Gasteiger partial charge is 0.396 e. The molecule has 0 aliphatic rings. The maximum absolute atomic E-state index is 8.28. The van der Waals surface area contributed by atoms with Crippen molar-refractivity contribution in [3.8, 4) is 0 Å². The molecule has 3 heteroatoms. The van der Waals surface area contributed by atoms with Crippen LogP contribution in [0.1, 0.15) is 6.42 Å². The van der Waals surface area contributed by atoms with Crippen LogP contribution in [0.3, 0.4) is 0 Å². The maximum Gasteiger partial charge on any atom is 0.0441 e. The van der Waals surface area contributed by atoms with Crippen LogP contribution >= 0.6 is 22.5 Å². The molecular weight excluding hydrogens is 128 g/mol. The van der Waals surface area contributed by atoms with Crippen LogP contribution in [-0.2, 0) is 0 Å². The Morgan fingerprint density at radius 3 is 2.57 bits per heavy atom. The first-order valence-electron chi connectivity index (χ1n) is 2.05. The summed E-state index contributed by atoms with van der Waals surface area (Å²) >= 11 is 3.89. The molecule has 0 aromatic carbocycles. The predicted molar refractivity (Wildman–Crippen MR) is 37.4 cm³/mol. The van der Waals surface area contributed by atoms with Crippen molar-refractivity contribution in [2.45, 2.75) is 11.7 Å². The highest BCUT2D eigenvalue weighted by atomic mass is 33.1. The molecule has 43 valence electrons. The molecule has 1 unspecified atom stereocenters. The molecule has 0 amide bonds. The standard InChI is InChI=1S/C4H9OS2/c1-4(7-6)2-3-5/h4-6H,1-3H2. The number of aliphatic hydroxyl groups excluding tert-OH is 1. The lowest BCUT2D eigenvalue weighted by Gasteiger charge is -2.00. The van der Waals surface area contributed by atoms with Crippen LogP contribution in [0.5, 0.6) is 0 Å². The molecule has 0 rings (SSSR count). The Morgan fingerprint density at radius 1 is 1.86 bits per heavy atom. The first kappa shape index (κ1) is 7.66. The SMILES string of the molecule is [CH2]C(CCO)SS. The number of hydrogen-bond acceptors (Lipinski definition) is 3. The molecule has 0 spiro atoms. The molecule has 0 aromatic heterocycles. The van der Waals surface area contributed by atoms with Gasteiger partial charge >= 0.3 is 0 Å². The lowest BCUT2D eigenvalue weighted by Crippen LogP contribution is -1.96. The van der Waals surface area contributed by atoms with Crippen LogP contribution in [0.25, 0.3) is 0 Å². The summed E-state index contributed by atoms with van der Waals surface area (Å²) in [6.07, 6.45) is 0.730. The average Bonchev–Trinajstić information content (AvgIpc) is 1.68. The van der Waals surface area contributed by atoms with E-state index in [2.05, 4.69) is 18.6 Å². The number of hydrogen-bond donors (Lipinski definition) is 2. The highest BCUT2D eigenvalue weighted by molar-refractivity contribution is 8.68. The topological polar surface area (TPSA) is 20.2 Å². The molecule has 0 aliphatic carbocycles. The van der Waals surface area contributed by atoms with E-state index in [0.29, 0.717) is 0 Å². The van der Waals surface area contributed by atoms with E-state index in [1.165, 1.54) is 10.8 Å². The van der Waals surface area contributed by atoms with E-state index in [1.807, 2.05) is 0 Å². The normalized spacial score (nSPS) is 14.1. The van der Waals surface area contributed by atoms with E-state index >= 15 is 0 Å². The van der Waals surface area contributed by atoms with Crippen LogP contribution in [0.2, 0.25) is 0 Å². The lowest BCUT2D eigenvalue weighted by molar-refractivity contribution is 0.291. The third-order valence-electron chi connectivity index (χ3n) is 0.600. The van der Waals surface area contributed by atoms with Crippen molar-refractivity contribution in [1.29, 1.82) is 0 Å². The zero-order chi connectivity index (χ0) is 5.70. The fourth-order valence-electron chi connectivity index (χ4n) is 0.197. The second-order valence-corrected chi connectivity index (χ2v) is 2.75. The van der Waals surface area contributed by atoms with E-state index in [9.17, 15) is 0 Å². The molecule has 0 heterocycles. The Labute approximate surface area is 53.3 Å². The number of rotatable bonds is 3. The van der Waals surface area contributed by atoms with Crippen molar-refractivity contribution in [1.82, 2.24) is 0 Å². The molecule has 0 aromatic rings. The Bertz CT molecular complexity index is 40.7. The van der Waals surface area contributed by atoms with Crippen LogP contribution in [0, 0.1) is 6.92 Å². The van der Waals surface area contributed by atoms with Gasteiger partial charge in [0.25, 0.3) is 0 Å². The van der Waals surface area contributed by atoms with Gasteiger partial charge in [0.05, 0.1) is 0 Å². The lowest BCUT2D eigenvalue weighted by atomic mass is 10.4. The van der Waals surface area contributed by atoms with E-state index < -0.39 is 0 Å². The van der Waals surface area contributed by atoms with Crippen molar-refractivity contribution in [2.24, 2.45) is 0 Å². The molecule has 0 bridgehead atoms. The van der Waals surface area contributed by atoms with Gasteiger partial charge in [-0.3, -0.25) is 0 Å². The minimum Gasteiger partial charge on any atom is -0.396 e. The molecule has 1 N–H and O–H groups in total. The first-order chi connectivity index (χ1) is 3.31. The van der Waals surface area contributed by atoms with Crippen molar-refractivity contribution in [3.05, 3.63) is 6.92 Å². The summed E-state index contributed by atoms with van der Waals surface area (Å²) in [6, 6.07) is 0. The third kappa shape index (κ3) is 4.51. The van der Waals surface area contributed by atoms with Crippen molar-refractivity contribution < 1.29 is 5.11 Å². The molecule has 1 radical (unpaired) electrons. The molecule has 1 nitrogen and oxygen atoms in total.